The van der Waals surface area contributed by atoms with Crippen LogP contribution in [0.5, 0.6) is 0 Å². The molecule has 0 spiro atoms. The number of hydrogen-bond donors (Lipinski definition) is 0. The number of rotatable bonds is 1. The second-order valence-corrected chi connectivity index (χ2v) is 7.42. The van der Waals surface area contributed by atoms with Gasteiger partial charge in [-0.25, -0.2) is 0 Å². The van der Waals surface area contributed by atoms with E-state index in [9.17, 15) is 0 Å². The van der Waals surface area contributed by atoms with Crippen LogP contribution in [0.25, 0.3) is 21.9 Å². The number of benzene rings is 2. The molecular formula is C19H21BO3. The van der Waals surface area contributed by atoms with Gasteiger partial charge in [0.1, 0.15) is 11.2 Å². The summed E-state index contributed by atoms with van der Waals surface area (Å²) in [6, 6.07) is 12.4. The average Bonchev–Trinajstić information content (AvgIpc) is 2.93. The summed E-state index contributed by atoms with van der Waals surface area (Å²) in [4.78, 5) is 0. The Balaban J connectivity index is 1.94. The lowest BCUT2D eigenvalue weighted by atomic mass is 9.77. The van der Waals surface area contributed by atoms with Gasteiger partial charge in [-0.2, -0.15) is 0 Å². The summed E-state index contributed by atoms with van der Waals surface area (Å²) >= 11 is 0. The molecule has 0 N–H and O–H groups in total. The Bertz CT molecular complexity index is 892. The number of para-hydroxylation sites is 1. The van der Waals surface area contributed by atoms with Crippen LogP contribution in [0.4, 0.5) is 0 Å². The highest BCUT2D eigenvalue weighted by molar-refractivity contribution is 6.65. The maximum atomic E-state index is 6.23. The van der Waals surface area contributed by atoms with Crippen LogP contribution in [-0.4, -0.2) is 18.3 Å². The summed E-state index contributed by atoms with van der Waals surface area (Å²) in [6.07, 6.45) is 0. The third-order valence-electron chi connectivity index (χ3n) is 5.16. The number of fused-ring (bicyclic) bond motifs is 3. The van der Waals surface area contributed by atoms with Gasteiger partial charge >= 0.3 is 7.12 Å². The Labute approximate surface area is 136 Å². The largest absolute Gasteiger partial charge is 0.498 e. The van der Waals surface area contributed by atoms with Crippen LogP contribution in [0.1, 0.15) is 33.3 Å². The summed E-state index contributed by atoms with van der Waals surface area (Å²) in [6.45, 7) is 10.4. The predicted molar refractivity (Wildman–Crippen MR) is 94.2 cm³/mol. The van der Waals surface area contributed by atoms with Gasteiger partial charge in [-0.3, -0.25) is 0 Å². The predicted octanol–water partition coefficient (Wildman–Crippen LogP) is 4.19. The van der Waals surface area contributed by atoms with Crippen LogP contribution in [0.3, 0.4) is 0 Å². The maximum absolute atomic E-state index is 6.23. The molecule has 1 aliphatic heterocycles. The first kappa shape index (κ1) is 14.8. The smallest absolute Gasteiger partial charge is 0.456 e. The van der Waals surface area contributed by atoms with E-state index in [4.69, 9.17) is 13.7 Å². The molecule has 0 bridgehead atoms. The zero-order chi connectivity index (χ0) is 16.4. The van der Waals surface area contributed by atoms with Gasteiger partial charge in [0.05, 0.1) is 11.2 Å². The van der Waals surface area contributed by atoms with Crippen molar-refractivity contribution in [3.05, 3.63) is 42.0 Å². The summed E-state index contributed by atoms with van der Waals surface area (Å²) in [5.74, 6) is 0. The molecule has 1 fully saturated rings. The molecule has 118 valence electrons. The third kappa shape index (κ3) is 2.13. The number of furan rings is 1. The SMILES string of the molecule is Cc1cc(B2OC(C)(C)C(C)(C)O2)c2oc3ccccc3c2c1. The molecule has 2 heterocycles. The number of aryl methyl sites for hydroxylation is 1. The van der Waals surface area contributed by atoms with Crippen molar-refractivity contribution in [2.24, 2.45) is 0 Å². The fourth-order valence-corrected chi connectivity index (χ4v) is 3.15. The zero-order valence-corrected chi connectivity index (χ0v) is 14.3. The second-order valence-electron chi connectivity index (χ2n) is 7.42. The van der Waals surface area contributed by atoms with Crippen LogP contribution in [0, 0.1) is 6.92 Å². The topological polar surface area (TPSA) is 31.6 Å². The van der Waals surface area contributed by atoms with Crippen molar-refractivity contribution in [1.82, 2.24) is 0 Å². The molecule has 0 saturated carbocycles. The van der Waals surface area contributed by atoms with E-state index < -0.39 is 7.12 Å². The van der Waals surface area contributed by atoms with Gasteiger partial charge < -0.3 is 13.7 Å². The van der Waals surface area contributed by atoms with Gasteiger partial charge in [0.2, 0.25) is 0 Å². The molecule has 3 nitrogen and oxygen atoms in total. The first-order valence-corrected chi connectivity index (χ1v) is 8.06. The van der Waals surface area contributed by atoms with Crippen molar-refractivity contribution in [2.45, 2.75) is 45.8 Å². The number of hydrogen-bond acceptors (Lipinski definition) is 3. The van der Waals surface area contributed by atoms with E-state index in [1.54, 1.807) is 0 Å². The van der Waals surface area contributed by atoms with E-state index in [0.29, 0.717) is 0 Å². The van der Waals surface area contributed by atoms with Crippen molar-refractivity contribution in [3.8, 4) is 0 Å². The van der Waals surface area contributed by atoms with E-state index in [1.165, 1.54) is 5.56 Å². The van der Waals surface area contributed by atoms with E-state index in [2.05, 4.69) is 52.8 Å². The molecule has 0 atom stereocenters. The summed E-state index contributed by atoms with van der Waals surface area (Å²) in [5.41, 5.74) is 3.17. The molecule has 1 aliphatic rings. The molecular weight excluding hydrogens is 287 g/mol. The fourth-order valence-electron chi connectivity index (χ4n) is 3.15. The second kappa shape index (κ2) is 4.62. The van der Waals surface area contributed by atoms with E-state index in [1.807, 2.05) is 18.2 Å². The van der Waals surface area contributed by atoms with E-state index >= 15 is 0 Å². The molecule has 3 aromatic rings. The molecule has 1 saturated heterocycles. The fraction of sp³-hybridized carbons (Fsp3) is 0.368. The third-order valence-corrected chi connectivity index (χ3v) is 5.16. The lowest BCUT2D eigenvalue weighted by molar-refractivity contribution is 0.00578. The Hall–Kier alpha value is -1.78. The highest BCUT2D eigenvalue weighted by Gasteiger charge is 2.52. The van der Waals surface area contributed by atoms with Crippen LogP contribution < -0.4 is 5.46 Å². The Morgan fingerprint density at radius 3 is 2.22 bits per heavy atom. The molecule has 0 radical (unpaired) electrons. The minimum atomic E-state index is -0.414. The summed E-state index contributed by atoms with van der Waals surface area (Å²) in [7, 11) is -0.414. The van der Waals surface area contributed by atoms with Gasteiger partial charge in [-0.05, 0) is 46.8 Å². The van der Waals surface area contributed by atoms with Gasteiger partial charge in [-0.1, -0.05) is 29.8 Å². The summed E-state index contributed by atoms with van der Waals surface area (Å²) in [5, 5.41) is 2.24. The highest BCUT2D eigenvalue weighted by Crippen LogP contribution is 2.38. The van der Waals surface area contributed by atoms with Crippen LogP contribution in [-0.2, 0) is 9.31 Å². The van der Waals surface area contributed by atoms with E-state index in [-0.39, 0.29) is 11.2 Å². The standard InChI is InChI=1S/C19H21BO3/c1-12-10-14-13-8-6-7-9-16(13)21-17(14)15(11-12)20-22-18(2,3)19(4,5)23-20/h6-11H,1-5H3. The molecule has 0 aliphatic carbocycles. The molecule has 1 aromatic heterocycles. The monoisotopic (exact) mass is 308 g/mol. The molecule has 0 amide bonds. The molecule has 4 rings (SSSR count). The highest BCUT2D eigenvalue weighted by atomic mass is 16.7. The first-order valence-electron chi connectivity index (χ1n) is 8.06. The lowest BCUT2D eigenvalue weighted by Gasteiger charge is -2.32. The Morgan fingerprint density at radius 1 is 0.870 bits per heavy atom. The van der Waals surface area contributed by atoms with Crippen LogP contribution in [0.2, 0.25) is 0 Å². The van der Waals surface area contributed by atoms with Crippen molar-refractivity contribution >= 4 is 34.5 Å². The van der Waals surface area contributed by atoms with Crippen molar-refractivity contribution < 1.29 is 13.7 Å². The van der Waals surface area contributed by atoms with Gasteiger partial charge in [-0.15, -0.1) is 0 Å². The van der Waals surface area contributed by atoms with Crippen molar-refractivity contribution in [2.75, 3.05) is 0 Å². The van der Waals surface area contributed by atoms with Crippen molar-refractivity contribution in [1.29, 1.82) is 0 Å². The van der Waals surface area contributed by atoms with Gasteiger partial charge in [0.25, 0.3) is 0 Å². The lowest BCUT2D eigenvalue weighted by Crippen LogP contribution is -2.41. The minimum Gasteiger partial charge on any atom is -0.456 e. The zero-order valence-electron chi connectivity index (χ0n) is 14.3. The average molecular weight is 308 g/mol. The minimum absolute atomic E-state index is 0.361. The van der Waals surface area contributed by atoms with Crippen LogP contribution in [0.15, 0.2) is 40.8 Å². The maximum Gasteiger partial charge on any atom is 0.498 e. The van der Waals surface area contributed by atoms with Gasteiger partial charge in [0, 0.05) is 16.2 Å². The molecule has 23 heavy (non-hydrogen) atoms. The molecule has 4 heteroatoms. The summed E-state index contributed by atoms with van der Waals surface area (Å²) < 4.78 is 18.6. The molecule has 2 aromatic carbocycles. The van der Waals surface area contributed by atoms with Gasteiger partial charge in [0.15, 0.2) is 0 Å². The quantitative estimate of drug-likeness (QED) is 0.632. The normalized spacial score (nSPS) is 19.8. The van der Waals surface area contributed by atoms with E-state index in [0.717, 1.165) is 27.4 Å². The molecule has 0 unspecified atom stereocenters. The Kier molecular flexibility index (Phi) is 2.97. The Morgan fingerprint density at radius 2 is 1.52 bits per heavy atom. The first-order chi connectivity index (χ1) is 10.8. The van der Waals surface area contributed by atoms with Crippen LogP contribution >= 0.6 is 0 Å². The van der Waals surface area contributed by atoms with Crippen molar-refractivity contribution in [3.63, 3.8) is 0 Å².